The summed E-state index contributed by atoms with van der Waals surface area (Å²) in [6, 6.07) is 9.01. The SMILES string of the molecule is CCCCCCCC/C=C\CCCCCCCCc1ccccc1C(C)C. The first-order valence-electron chi connectivity index (χ1n) is 12.0. The van der Waals surface area contributed by atoms with Crippen molar-refractivity contribution in [1.82, 2.24) is 0 Å². The monoisotopic (exact) mass is 370 g/mol. The molecule has 0 aliphatic heterocycles. The van der Waals surface area contributed by atoms with Crippen LogP contribution in [-0.2, 0) is 6.42 Å². The van der Waals surface area contributed by atoms with Crippen LogP contribution in [0.2, 0.25) is 0 Å². The van der Waals surface area contributed by atoms with E-state index >= 15 is 0 Å². The van der Waals surface area contributed by atoms with Gasteiger partial charge in [0.25, 0.3) is 0 Å². The first-order valence-corrected chi connectivity index (χ1v) is 12.0. The Morgan fingerprint density at radius 2 is 1.19 bits per heavy atom. The van der Waals surface area contributed by atoms with Crippen LogP contribution in [0.5, 0.6) is 0 Å². The highest BCUT2D eigenvalue weighted by molar-refractivity contribution is 5.29. The van der Waals surface area contributed by atoms with Crippen molar-refractivity contribution in [2.24, 2.45) is 0 Å². The van der Waals surface area contributed by atoms with Crippen molar-refractivity contribution in [2.45, 2.75) is 123 Å². The molecule has 154 valence electrons. The van der Waals surface area contributed by atoms with Gasteiger partial charge in [-0.25, -0.2) is 0 Å². The van der Waals surface area contributed by atoms with E-state index in [2.05, 4.69) is 57.2 Å². The Hall–Kier alpha value is -1.04. The fraction of sp³-hybridized carbons (Fsp3) is 0.704. The summed E-state index contributed by atoms with van der Waals surface area (Å²) in [5.74, 6) is 0.648. The molecular formula is C27H46. The maximum Gasteiger partial charge on any atom is -0.0216 e. The standard InChI is InChI=1S/C27H46/c1-4-5-6-7-8-9-10-11-12-13-14-15-16-17-18-19-22-26-23-20-21-24-27(26)25(2)3/h11-12,20-21,23-25H,4-10,13-19,22H2,1-3H3/b12-11-. The van der Waals surface area contributed by atoms with Gasteiger partial charge in [-0.2, -0.15) is 0 Å². The first-order chi connectivity index (χ1) is 13.3. The lowest BCUT2D eigenvalue weighted by atomic mass is 9.94. The number of allylic oxidation sites excluding steroid dienone is 2. The van der Waals surface area contributed by atoms with Gasteiger partial charge in [0.15, 0.2) is 0 Å². The van der Waals surface area contributed by atoms with Gasteiger partial charge in [0.2, 0.25) is 0 Å². The second-order valence-electron chi connectivity index (χ2n) is 8.54. The molecule has 0 saturated heterocycles. The summed E-state index contributed by atoms with van der Waals surface area (Å²) in [6.07, 6.45) is 25.5. The highest BCUT2D eigenvalue weighted by Crippen LogP contribution is 2.21. The Balaban J connectivity index is 1.90. The van der Waals surface area contributed by atoms with Gasteiger partial charge in [-0.15, -0.1) is 0 Å². The number of unbranched alkanes of at least 4 members (excludes halogenated alkanes) is 12. The van der Waals surface area contributed by atoms with E-state index in [9.17, 15) is 0 Å². The Bertz CT molecular complexity index is 469. The lowest BCUT2D eigenvalue weighted by Gasteiger charge is -2.12. The number of hydrogen-bond acceptors (Lipinski definition) is 0. The molecule has 0 aliphatic rings. The minimum atomic E-state index is 0.648. The summed E-state index contributed by atoms with van der Waals surface area (Å²) in [5, 5.41) is 0. The Morgan fingerprint density at radius 3 is 1.78 bits per heavy atom. The quantitative estimate of drug-likeness (QED) is 0.189. The summed E-state index contributed by atoms with van der Waals surface area (Å²) in [4.78, 5) is 0. The van der Waals surface area contributed by atoms with E-state index in [1.54, 1.807) is 11.1 Å². The molecule has 0 spiro atoms. The van der Waals surface area contributed by atoms with Crippen LogP contribution in [0, 0.1) is 0 Å². The Kier molecular flexibility index (Phi) is 15.2. The van der Waals surface area contributed by atoms with Gasteiger partial charge in [0, 0.05) is 0 Å². The molecule has 0 heteroatoms. The zero-order chi connectivity index (χ0) is 19.6. The molecule has 0 aromatic heterocycles. The molecule has 27 heavy (non-hydrogen) atoms. The molecule has 0 amide bonds. The summed E-state index contributed by atoms with van der Waals surface area (Å²) in [6.45, 7) is 6.90. The summed E-state index contributed by atoms with van der Waals surface area (Å²) in [7, 11) is 0. The van der Waals surface area contributed by atoms with Gasteiger partial charge < -0.3 is 0 Å². The molecule has 0 N–H and O–H groups in total. The molecule has 1 aromatic carbocycles. The normalized spacial score (nSPS) is 11.7. The molecule has 0 bridgehead atoms. The van der Waals surface area contributed by atoms with E-state index in [0.29, 0.717) is 5.92 Å². The Labute approximate surface area is 170 Å². The van der Waals surface area contributed by atoms with Crippen molar-refractivity contribution in [3.05, 3.63) is 47.5 Å². The van der Waals surface area contributed by atoms with E-state index in [-0.39, 0.29) is 0 Å². The van der Waals surface area contributed by atoms with Gasteiger partial charge in [-0.3, -0.25) is 0 Å². The number of hydrogen-bond donors (Lipinski definition) is 0. The van der Waals surface area contributed by atoms with Crippen LogP contribution in [0.25, 0.3) is 0 Å². The maximum absolute atomic E-state index is 2.43. The second kappa shape index (κ2) is 17.1. The predicted molar refractivity (Wildman–Crippen MR) is 124 cm³/mol. The minimum absolute atomic E-state index is 0.648. The van der Waals surface area contributed by atoms with E-state index in [4.69, 9.17) is 0 Å². The van der Waals surface area contributed by atoms with E-state index in [0.717, 1.165) is 0 Å². The predicted octanol–water partition coefficient (Wildman–Crippen LogP) is 9.39. The largest absolute Gasteiger partial charge is 0.0885 e. The first kappa shape index (κ1) is 24.0. The number of benzene rings is 1. The molecule has 0 atom stereocenters. The van der Waals surface area contributed by atoms with Gasteiger partial charge in [-0.1, -0.05) is 115 Å². The van der Waals surface area contributed by atoms with Gasteiger partial charge in [0.05, 0.1) is 0 Å². The zero-order valence-electron chi connectivity index (χ0n) is 18.6. The van der Waals surface area contributed by atoms with Gasteiger partial charge in [0.1, 0.15) is 0 Å². The van der Waals surface area contributed by atoms with Crippen LogP contribution in [0.1, 0.15) is 128 Å². The fourth-order valence-electron chi connectivity index (χ4n) is 3.89. The Morgan fingerprint density at radius 1 is 0.667 bits per heavy atom. The molecule has 0 fully saturated rings. The summed E-state index contributed by atoms with van der Waals surface area (Å²) < 4.78 is 0. The van der Waals surface area contributed by atoms with Crippen molar-refractivity contribution in [3.8, 4) is 0 Å². The average Bonchev–Trinajstić information content (AvgIpc) is 2.68. The third kappa shape index (κ3) is 12.9. The third-order valence-electron chi connectivity index (χ3n) is 5.64. The van der Waals surface area contributed by atoms with E-state index in [1.807, 2.05) is 0 Å². The molecule has 0 saturated carbocycles. The molecule has 0 aliphatic carbocycles. The minimum Gasteiger partial charge on any atom is -0.0885 e. The molecule has 1 rings (SSSR count). The lowest BCUT2D eigenvalue weighted by molar-refractivity contribution is 0.594. The van der Waals surface area contributed by atoms with Crippen LogP contribution in [0.15, 0.2) is 36.4 Å². The number of rotatable bonds is 17. The second-order valence-corrected chi connectivity index (χ2v) is 8.54. The topological polar surface area (TPSA) is 0 Å². The smallest absolute Gasteiger partial charge is 0.0216 e. The summed E-state index contributed by atoms with van der Waals surface area (Å²) in [5.41, 5.74) is 3.12. The van der Waals surface area contributed by atoms with Crippen LogP contribution in [0.3, 0.4) is 0 Å². The van der Waals surface area contributed by atoms with Crippen LogP contribution in [0.4, 0.5) is 0 Å². The highest BCUT2D eigenvalue weighted by Gasteiger charge is 2.04. The molecule has 0 radical (unpaired) electrons. The summed E-state index contributed by atoms with van der Waals surface area (Å²) >= 11 is 0. The number of aryl methyl sites for hydroxylation is 1. The van der Waals surface area contributed by atoms with Crippen molar-refractivity contribution in [1.29, 1.82) is 0 Å². The van der Waals surface area contributed by atoms with Crippen molar-refractivity contribution < 1.29 is 0 Å². The fourth-order valence-corrected chi connectivity index (χ4v) is 3.89. The third-order valence-corrected chi connectivity index (χ3v) is 5.64. The maximum atomic E-state index is 2.43. The average molecular weight is 371 g/mol. The molecule has 0 nitrogen and oxygen atoms in total. The van der Waals surface area contributed by atoms with E-state index in [1.165, 1.54) is 96.3 Å². The molecule has 0 heterocycles. The van der Waals surface area contributed by atoms with Crippen molar-refractivity contribution in [2.75, 3.05) is 0 Å². The van der Waals surface area contributed by atoms with Crippen molar-refractivity contribution >= 4 is 0 Å². The zero-order valence-corrected chi connectivity index (χ0v) is 18.6. The highest BCUT2D eigenvalue weighted by atomic mass is 14.1. The van der Waals surface area contributed by atoms with Crippen LogP contribution < -0.4 is 0 Å². The van der Waals surface area contributed by atoms with Crippen LogP contribution >= 0.6 is 0 Å². The van der Waals surface area contributed by atoms with Crippen LogP contribution in [-0.4, -0.2) is 0 Å². The van der Waals surface area contributed by atoms with Gasteiger partial charge in [-0.05, 0) is 55.6 Å². The molecule has 1 aromatic rings. The lowest BCUT2D eigenvalue weighted by Crippen LogP contribution is -1.96. The molecular weight excluding hydrogens is 324 g/mol. The van der Waals surface area contributed by atoms with Crippen molar-refractivity contribution in [3.63, 3.8) is 0 Å². The van der Waals surface area contributed by atoms with E-state index < -0.39 is 0 Å². The molecule has 0 unspecified atom stereocenters. The van der Waals surface area contributed by atoms with Gasteiger partial charge >= 0.3 is 0 Å².